The van der Waals surface area contributed by atoms with Crippen LogP contribution in [0.15, 0.2) is 30.5 Å². The third kappa shape index (κ3) is 22.2. The van der Waals surface area contributed by atoms with Gasteiger partial charge < -0.3 is 29.7 Å². The van der Waals surface area contributed by atoms with E-state index in [1.54, 1.807) is 37.7 Å². The molecule has 0 amide bonds. The summed E-state index contributed by atoms with van der Waals surface area (Å²) in [6.07, 6.45) is 5.31. The summed E-state index contributed by atoms with van der Waals surface area (Å²) in [6, 6.07) is 7.24. The number of aliphatic carboxylic acids is 3. The van der Waals surface area contributed by atoms with E-state index in [4.69, 9.17) is 9.47 Å². The zero-order valence-electron chi connectivity index (χ0n) is 35.2. The van der Waals surface area contributed by atoms with Crippen LogP contribution >= 0.6 is 0 Å². The predicted octanol–water partition coefficient (Wildman–Crippen LogP) is 0.753. The Bertz CT molecular complexity index is 1610. The number of nitrogens with zero attached hydrogens (tertiary/aromatic N) is 8. The lowest BCUT2D eigenvalue weighted by Crippen LogP contribution is -2.49. The summed E-state index contributed by atoms with van der Waals surface area (Å²) in [5.74, 6) is -2.84. The highest BCUT2D eigenvalue weighted by atomic mass is 16.5. The Balaban J connectivity index is 1.31. The molecular formula is C41H64N8O11. The number of hydrogen-bond acceptors (Lipinski definition) is 15. The van der Waals surface area contributed by atoms with Crippen molar-refractivity contribution in [3.8, 4) is 0 Å². The van der Waals surface area contributed by atoms with Crippen LogP contribution in [-0.2, 0) is 53.0 Å². The molecule has 19 heteroatoms. The first-order chi connectivity index (χ1) is 28.7. The number of benzene rings is 1. The predicted molar refractivity (Wildman–Crippen MR) is 220 cm³/mol. The van der Waals surface area contributed by atoms with Crippen molar-refractivity contribution in [2.24, 2.45) is 0 Å². The van der Waals surface area contributed by atoms with Gasteiger partial charge in [0.2, 0.25) is 0 Å². The van der Waals surface area contributed by atoms with Crippen LogP contribution in [-0.4, -0.2) is 209 Å². The second-order valence-corrected chi connectivity index (χ2v) is 15.4. The van der Waals surface area contributed by atoms with E-state index in [0.717, 1.165) is 18.5 Å². The molecule has 0 atom stereocenters. The summed E-state index contributed by atoms with van der Waals surface area (Å²) in [4.78, 5) is 81.4. The third-order valence-corrected chi connectivity index (χ3v) is 9.92. The molecule has 19 nitrogen and oxygen atoms in total. The van der Waals surface area contributed by atoms with E-state index in [1.165, 1.54) is 0 Å². The number of carbonyl (C=O) groups excluding carboxylic acids is 3. The lowest BCUT2D eigenvalue weighted by atomic mass is 10.0. The van der Waals surface area contributed by atoms with Gasteiger partial charge in [-0.15, -0.1) is 5.10 Å². The van der Waals surface area contributed by atoms with E-state index in [9.17, 15) is 44.1 Å². The van der Waals surface area contributed by atoms with E-state index in [0.29, 0.717) is 109 Å². The largest absolute Gasteiger partial charge is 0.480 e. The van der Waals surface area contributed by atoms with Crippen molar-refractivity contribution in [3.05, 3.63) is 47.3 Å². The average molecular weight is 845 g/mol. The number of carbonyl (C=O) groups is 6. The highest BCUT2D eigenvalue weighted by Crippen LogP contribution is 2.11. The van der Waals surface area contributed by atoms with Crippen LogP contribution < -0.4 is 0 Å². The summed E-state index contributed by atoms with van der Waals surface area (Å²) in [5, 5.41) is 36.5. The molecule has 2 heterocycles. The second kappa shape index (κ2) is 28.1. The molecule has 3 rings (SSSR count). The molecule has 0 spiro atoms. The van der Waals surface area contributed by atoms with Crippen LogP contribution in [0, 0.1) is 0 Å². The molecule has 3 N–H and O–H groups in total. The molecule has 60 heavy (non-hydrogen) atoms. The summed E-state index contributed by atoms with van der Waals surface area (Å²) in [7, 11) is 3.96. The first kappa shape index (κ1) is 49.9. The monoisotopic (exact) mass is 844 g/mol. The van der Waals surface area contributed by atoms with Crippen molar-refractivity contribution in [1.29, 1.82) is 0 Å². The number of Topliss-reactive ketones (excluding diaryl/α,β-unsaturated/α-hetero) is 3. The van der Waals surface area contributed by atoms with E-state index >= 15 is 0 Å². The van der Waals surface area contributed by atoms with Crippen molar-refractivity contribution in [2.45, 2.75) is 58.1 Å². The van der Waals surface area contributed by atoms with Gasteiger partial charge in [0.1, 0.15) is 17.3 Å². The number of ether oxygens (including phenoxy) is 2. The Morgan fingerprint density at radius 2 is 1.17 bits per heavy atom. The molecule has 1 aliphatic heterocycles. The number of aromatic nitrogens is 3. The molecule has 1 fully saturated rings. The zero-order valence-corrected chi connectivity index (χ0v) is 35.2. The topological polar surface area (TPSA) is 228 Å². The smallest absolute Gasteiger partial charge is 0.317 e. The van der Waals surface area contributed by atoms with Gasteiger partial charge in [-0.2, -0.15) is 0 Å². The Morgan fingerprint density at radius 3 is 1.70 bits per heavy atom. The molecule has 1 aromatic heterocycles. The molecule has 1 saturated heterocycles. The molecule has 1 aliphatic rings. The minimum atomic E-state index is -1.02. The summed E-state index contributed by atoms with van der Waals surface area (Å²) < 4.78 is 12.9. The Labute approximate surface area is 352 Å². The molecule has 0 saturated carbocycles. The van der Waals surface area contributed by atoms with Gasteiger partial charge in [0, 0.05) is 90.1 Å². The first-order valence-corrected chi connectivity index (χ1v) is 20.6. The summed E-state index contributed by atoms with van der Waals surface area (Å²) in [6.45, 7) is 4.83. The summed E-state index contributed by atoms with van der Waals surface area (Å²) in [5.41, 5.74) is 2.18. The van der Waals surface area contributed by atoms with E-state index in [1.807, 2.05) is 31.1 Å². The molecule has 0 radical (unpaired) electrons. The molecule has 334 valence electrons. The van der Waals surface area contributed by atoms with E-state index < -0.39 is 17.9 Å². The molecule has 0 bridgehead atoms. The van der Waals surface area contributed by atoms with Crippen molar-refractivity contribution in [3.63, 3.8) is 0 Å². The maximum absolute atomic E-state index is 13.0. The first-order valence-electron chi connectivity index (χ1n) is 20.6. The van der Waals surface area contributed by atoms with Gasteiger partial charge in [0.25, 0.3) is 0 Å². The van der Waals surface area contributed by atoms with Crippen molar-refractivity contribution in [1.82, 2.24) is 39.5 Å². The van der Waals surface area contributed by atoms with Gasteiger partial charge in [-0.3, -0.25) is 53.0 Å². The van der Waals surface area contributed by atoms with Gasteiger partial charge in [-0.05, 0) is 45.5 Å². The van der Waals surface area contributed by atoms with Crippen molar-refractivity contribution in [2.75, 3.05) is 119 Å². The summed E-state index contributed by atoms with van der Waals surface area (Å²) >= 11 is 0. The van der Waals surface area contributed by atoms with Gasteiger partial charge in [0.05, 0.1) is 58.8 Å². The minimum absolute atomic E-state index is 0.0223. The van der Waals surface area contributed by atoms with E-state index in [-0.39, 0.29) is 69.6 Å². The molecular weight excluding hydrogens is 780 g/mol. The van der Waals surface area contributed by atoms with Gasteiger partial charge >= 0.3 is 17.9 Å². The minimum Gasteiger partial charge on any atom is -0.480 e. The van der Waals surface area contributed by atoms with Crippen LogP contribution in [0.3, 0.4) is 0 Å². The average Bonchev–Trinajstić information content (AvgIpc) is 3.64. The molecule has 1 aromatic carbocycles. The van der Waals surface area contributed by atoms with Crippen LogP contribution in [0.4, 0.5) is 0 Å². The maximum Gasteiger partial charge on any atom is 0.317 e. The Morgan fingerprint density at radius 1 is 0.633 bits per heavy atom. The number of unbranched alkanes of at least 4 members (excludes halogenated alkanes) is 1. The fourth-order valence-electron chi connectivity index (χ4n) is 6.63. The van der Waals surface area contributed by atoms with Crippen LogP contribution in [0.1, 0.15) is 60.1 Å². The highest BCUT2D eigenvalue weighted by Gasteiger charge is 2.21. The fraction of sp³-hybridized carbons (Fsp3) is 0.659. The lowest BCUT2D eigenvalue weighted by Gasteiger charge is -2.32. The lowest BCUT2D eigenvalue weighted by molar-refractivity contribution is -0.140. The van der Waals surface area contributed by atoms with Gasteiger partial charge in [0.15, 0.2) is 5.78 Å². The number of hydrogen-bond donors (Lipinski definition) is 3. The molecule has 2 aromatic rings. The van der Waals surface area contributed by atoms with Gasteiger partial charge in [-0.25, -0.2) is 0 Å². The van der Waals surface area contributed by atoms with Crippen LogP contribution in [0.25, 0.3) is 0 Å². The van der Waals surface area contributed by atoms with Gasteiger partial charge in [-0.1, -0.05) is 29.5 Å². The fourth-order valence-corrected chi connectivity index (χ4v) is 6.63. The molecule has 0 aliphatic carbocycles. The quantitative estimate of drug-likeness (QED) is 0.0793. The second-order valence-electron chi connectivity index (χ2n) is 15.4. The van der Waals surface area contributed by atoms with Crippen molar-refractivity contribution >= 4 is 35.3 Å². The number of carboxylic acid groups (broad SMARTS) is 3. The normalized spacial score (nSPS) is 15.4. The standard InChI is InChI=1S/C41H64N8O11/c1-44(2)13-5-7-38(52)34-10-8-33(9-11-34)26-36(50)12-23-59-24-25-60-32-35-27-49(43-42-35)14-4-3-6-37(51)28-45-15-17-46(29-39(53)54)19-21-48(31-41(57)58)22-20-47(18-16-45)30-40(55)56/h8-11,27H,3-7,12-26,28-32H2,1-2H3,(H,53,54)(H,55,56)(H,57,58). The highest BCUT2D eigenvalue weighted by molar-refractivity contribution is 5.96. The van der Waals surface area contributed by atoms with E-state index in [2.05, 4.69) is 15.2 Å². The number of ketones is 3. The molecule has 0 unspecified atom stereocenters. The Kier molecular flexibility index (Phi) is 23.4. The van der Waals surface area contributed by atoms with Crippen LogP contribution in [0.2, 0.25) is 0 Å². The number of rotatable bonds is 28. The van der Waals surface area contributed by atoms with Crippen LogP contribution in [0.5, 0.6) is 0 Å². The zero-order chi connectivity index (χ0) is 43.7. The van der Waals surface area contributed by atoms with Crippen molar-refractivity contribution < 1.29 is 53.6 Å². The SMILES string of the molecule is CN(C)CCCC(=O)c1ccc(CC(=O)CCOCCOCc2cn(CCCCC(=O)CN3CCN(CC(=O)O)CCN(CC(=O)O)CCN(CC(=O)O)CC3)nn2)cc1. The number of aryl methyl sites for hydroxylation is 1. The third-order valence-electron chi connectivity index (χ3n) is 9.92. The number of carboxylic acids is 3. The maximum atomic E-state index is 13.0. The Hall–Kier alpha value is -4.50.